The molecule has 0 atom stereocenters. The van der Waals surface area contributed by atoms with Gasteiger partial charge in [0.25, 0.3) is 5.91 Å². The van der Waals surface area contributed by atoms with Crippen molar-refractivity contribution in [3.05, 3.63) is 34.5 Å². The Morgan fingerprint density at radius 1 is 1.30 bits per heavy atom. The van der Waals surface area contributed by atoms with Crippen LogP contribution in [0.1, 0.15) is 39.6 Å². The Hall–Kier alpha value is -2.48. The molecular formula is C15H17N3O4S. The van der Waals surface area contributed by atoms with Crippen molar-refractivity contribution < 1.29 is 19.1 Å². The lowest BCUT2D eigenvalue weighted by Gasteiger charge is -2.07. The van der Waals surface area contributed by atoms with Crippen LogP contribution in [0.4, 0.5) is 5.13 Å². The molecule has 2 rings (SSSR count). The predicted octanol–water partition coefficient (Wildman–Crippen LogP) is 2.67. The van der Waals surface area contributed by atoms with E-state index >= 15 is 0 Å². The molecule has 0 aliphatic rings. The molecule has 7 nitrogen and oxygen atoms in total. The van der Waals surface area contributed by atoms with Gasteiger partial charge in [-0.1, -0.05) is 11.3 Å². The van der Waals surface area contributed by atoms with Gasteiger partial charge in [0.15, 0.2) is 5.13 Å². The van der Waals surface area contributed by atoms with Gasteiger partial charge in [0.2, 0.25) is 5.88 Å². The topological polar surface area (TPSA) is 90.4 Å². The van der Waals surface area contributed by atoms with Crippen LogP contribution < -0.4 is 10.1 Å². The third-order valence-electron chi connectivity index (χ3n) is 2.77. The predicted molar refractivity (Wildman–Crippen MR) is 86.2 cm³/mol. The Kier molecular flexibility index (Phi) is 5.64. The van der Waals surface area contributed by atoms with Crippen LogP contribution >= 0.6 is 11.3 Å². The highest BCUT2D eigenvalue weighted by Gasteiger charge is 2.19. The molecular weight excluding hydrogens is 318 g/mol. The number of thiazole rings is 1. The van der Waals surface area contributed by atoms with E-state index in [-0.39, 0.29) is 12.5 Å². The van der Waals surface area contributed by atoms with Gasteiger partial charge in [-0.25, -0.2) is 14.8 Å². The summed E-state index contributed by atoms with van der Waals surface area (Å²) in [7, 11) is 0. The maximum absolute atomic E-state index is 12.3. The van der Waals surface area contributed by atoms with E-state index in [1.165, 1.54) is 0 Å². The summed E-state index contributed by atoms with van der Waals surface area (Å²) in [6.07, 6.45) is 1.55. The van der Waals surface area contributed by atoms with Crippen molar-refractivity contribution in [3.8, 4) is 5.88 Å². The molecule has 2 aromatic heterocycles. The molecule has 23 heavy (non-hydrogen) atoms. The number of aromatic nitrogens is 2. The van der Waals surface area contributed by atoms with Gasteiger partial charge in [0.1, 0.15) is 10.4 Å². The van der Waals surface area contributed by atoms with Crippen molar-refractivity contribution in [1.82, 2.24) is 9.97 Å². The van der Waals surface area contributed by atoms with E-state index in [0.29, 0.717) is 27.9 Å². The number of hydrogen-bond acceptors (Lipinski definition) is 7. The van der Waals surface area contributed by atoms with Crippen molar-refractivity contribution in [2.45, 2.75) is 20.8 Å². The van der Waals surface area contributed by atoms with Crippen LogP contribution in [-0.4, -0.2) is 35.1 Å². The minimum absolute atomic E-state index is 0.256. The second kappa shape index (κ2) is 7.68. The fourth-order valence-electron chi connectivity index (χ4n) is 1.82. The van der Waals surface area contributed by atoms with Gasteiger partial charge in [-0.15, -0.1) is 0 Å². The quantitative estimate of drug-likeness (QED) is 0.816. The number of pyridine rings is 1. The number of nitrogens with one attached hydrogen (secondary N) is 1. The van der Waals surface area contributed by atoms with Crippen molar-refractivity contribution >= 4 is 28.3 Å². The minimum Gasteiger partial charge on any atom is -0.477 e. The van der Waals surface area contributed by atoms with Crippen LogP contribution in [0.15, 0.2) is 18.3 Å². The van der Waals surface area contributed by atoms with Crippen LogP contribution in [0.5, 0.6) is 5.88 Å². The van der Waals surface area contributed by atoms with E-state index in [1.54, 1.807) is 32.2 Å². The molecule has 0 unspecified atom stereocenters. The van der Waals surface area contributed by atoms with E-state index in [2.05, 4.69) is 15.3 Å². The number of anilines is 1. The fraction of sp³-hybridized carbons (Fsp3) is 0.333. The Bertz CT molecular complexity index is 714. The molecule has 2 heterocycles. The number of carbonyl (C=O) groups is 2. The van der Waals surface area contributed by atoms with E-state index in [1.807, 2.05) is 6.92 Å². The highest BCUT2D eigenvalue weighted by Crippen LogP contribution is 2.25. The smallest absolute Gasteiger partial charge is 0.350 e. The van der Waals surface area contributed by atoms with E-state index < -0.39 is 11.9 Å². The summed E-state index contributed by atoms with van der Waals surface area (Å²) in [5, 5.41) is 2.98. The first-order chi connectivity index (χ1) is 11.1. The number of aryl methyl sites for hydroxylation is 1. The molecule has 1 N–H and O–H groups in total. The highest BCUT2D eigenvalue weighted by molar-refractivity contribution is 7.17. The second-order valence-electron chi connectivity index (χ2n) is 4.40. The lowest BCUT2D eigenvalue weighted by Crippen LogP contribution is -2.14. The number of ether oxygens (including phenoxy) is 2. The summed E-state index contributed by atoms with van der Waals surface area (Å²) >= 11 is 1.07. The summed E-state index contributed by atoms with van der Waals surface area (Å²) in [5.74, 6) is -0.587. The Morgan fingerprint density at radius 3 is 2.78 bits per heavy atom. The van der Waals surface area contributed by atoms with Gasteiger partial charge in [0.05, 0.1) is 18.9 Å². The lowest BCUT2D eigenvalue weighted by atomic mass is 10.2. The number of amides is 1. The zero-order valence-electron chi connectivity index (χ0n) is 13.1. The maximum atomic E-state index is 12.3. The zero-order chi connectivity index (χ0) is 16.8. The molecule has 0 saturated carbocycles. The highest BCUT2D eigenvalue weighted by atomic mass is 32.1. The number of hydrogen-bond donors (Lipinski definition) is 1. The molecule has 0 bridgehead atoms. The monoisotopic (exact) mass is 335 g/mol. The minimum atomic E-state index is -0.445. The van der Waals surface area contributed by atoms with Gasteiger partial charge >= 0.3 is 5.97 Å². The summed E-state index contributed by atoms with van der Waals surface area (Å²) in [5.41, 5.74) is 0.819. The SMILES string of the molecule is CCOC(=O)c1sc(NC(=O)c2cccnc2OCC)nc1C. The van der Waals surface area contributed by atoms with Crippen LogP contribution in [0.3, 0.4) is 0 Å². The Balaban J connectivity index is 2.18. The lowest BCUT2D eigenvalue weighted by molar-refractivity contribution is 0.0531. The third kappa shape index (κ3) is 4.04. The summed E-state index contributed by atoms with van der Waals surface area (Å²) in [6, 6.07) is 3.26. The first kappa shape index (κ1) is 16.9. The number of nitrogens with zero attached hydrogens (tertiary/aromatic N) is 2. The van der Waals surface area contributed by atoms with Crippen LogP contribution in [0.2, 0.25) is 0 Å². The van der Waals surface area contributed by atoms with Crippen molar-refractivity contribution in [2.24, 2.45) is 0 Å². The Labute approximate surface area is 137 Å². The molecule has 0 radical (unpaired) electrons. The van der Waals surface area contributed by atoms with Gasteiger partial charge in [0, 0.05) is 6.20 Å². The van der Waals surface area contributed by atoms with E-state index in [4.69, 9.17) is 9.47 Å². The summed E-state index contributed by atoms with van der Waals surface area (Å²) in [4.78, 5) is 32.7. The normalized spacial score (nSPS) is 10.2. The Morgan fingerprint density at radius 2 is 2.09 bits per heavy atom. The average Bonchev–Trinajstić information content (AvgIpc) is 2.89. The van der Waals surface area contributed by atoms with Gasteiger partial charge < -0.3 is 9.47 Å². The molecule has 0 aliphatic heterocycles. The molecule has 0 saturated heterocycles. The molecule has 0 aromatic carbocycles. The third-order valence-corrected chi connectivity index (χ3v) is 3.83. The number of esters is 1. The first-order valence-electron chi connectivity index (χ1n) is 7.10. The molecule has 0 spiro atoms. The standard InChI is InChI=1S/C15H17N3O4S/c1-4-21-13-10(7-6-8-16-13)12(19)18-15-17-9(3)11(23-15)14(20)22-5-2/h6-8H,4-5H2,1-3H3,(H,17,18,19). The van der Waals surface area contributed by atoms with Crippen LogP contribution in [0.25, 0.3) is 0 Å². The molecule has 1 amide bonds. The number of rotatable bonds is 6. The second-order valence-corrected chi connectivity index (χ2v) is 5.40. The molecule has 122 valence electrons. The number of carbonyl (C=O) groups excluding carboxylic acids is 2. The van der Waals surface area contributed by atoms with Crippen LogP contribution in [0, 0.1) is 6.92 Å². The van der Waals surface area contributed by atoms with E-state index in [0.717, 1.165) is 11.3 Å². The van der Waals surface area contributed by atoms with Gasteiger partial charge in [-0.05, 0) is 32.9 Å². The van der Waals surface area contributed by atoms with E-state index in [9.17, 15) is 9.59 Å². The first-order valence-corrected chi connectivity index (χ1v) is 7.92. The van der Waals surface area contributed by atoms with Crippen molar-refractivity contribution in [1.29, 1.82) is 0 Å². The van der Waals surface area contributed by atoms with Crippen molar-refractivity contribution in [2.75, 3.05) is 18.5 Å². The van der Waals surface area contributed by atoms with Crippen molar-refractivity contribution in [3.63, 3.8) is 0 Å². The summed E-state index contributed by atoms with van der Waals surface area (Å²) in [6.45, 7) is 5.92. The van der Waals surface area contributed by atoms with Crippen LogP contribution in [-0.2, 0) is 4.74 Å². The summed E-state index contributed by atoms with van der Waals surface area (Å²) < 4.78 is 10.3. The molecule has 2 aromatic rings. The molecule has 8 heteroatoms. The van der Waals surface area contributed by atoms with Gasteiger partial charge in [-0.2, -0.15) is 0 Å². The maximum Gasteiger partial charge on any atom is 0.350 e. The largest absolute Gasteiger partial charge is 0.477 e. The fourth-order valence-corrected chi connectivity index (χ4v) is 2.67. The molecule has 0 aliphatic carbocycles. The van der Waals surface area contributed by atoms with Gasteiger partial charge in [-0.3, -0.25) is 10.1 Å². The average molecular weight is 335 g/mol. The molecule has 0 fully saturated rings. The zero-order valence-corrected chi connectivity index (χ0v) is 13.9.